The first kappa shape index (κ1) is 18.7. The van der Waals surface area contributed by atoms with Crippen LogP contribution in [-0.4, -0.2) is 64.0 Å². The Morgan fingerprint density at radius 2 is 1.81 bits per heavy atom. The Hall–Kier alpha value is 0.336. The van der Waals surface area contributed by atoms with Crippen molar-refractivity contribution in [1.29, 1.82) is 5.26 Å². The Bertz CT molecular complexity index is 246. The third kappa shape index (κ3) is 10.8. The van der Waals surface area contributed by atoms with Gasteiger partial charge >= 0.3 is 57.4 Å². The standard InChI is InChI=1S/C12H19NO2.K.H/c1-3-4-5-6-7-8-9-15-12(14)11(2)10-13;;/h2-9H2,1H3;;. The fraction of sp³-hybridized carbons (Fsp3) is 0.667. The predicted molar refractivity (Wildman–Crippen MR) is 66.2 cm³/mol. The van der Waals surface area contributed by atoms with Crippen LogP contribution in [0.25, 0.3) is 0 Å². The summed E-state index contributed by atoms with van der Waals surface area (Å²) in [5, 5.41) is 8.35. The van der Waals surface area contributed by atoms with E-state index >= 15 is 0 Å². The zero-order valence-electron chi connectivity index (χ0n) is 9.42. The molecular formula is C12H20KNO2. The van der Waals surface area contributed by atoms with Crippen molar-refractivity contribution in [1.82, 2.24) is 0 Å². The van der Waals surface area contributed by atoms with Crippen LogP contribution in [0, 0.1) is 11.3 Å². The molecule has 86 valence electrons. The van der Waals surface area contributed by atoms with E-state index in [2.05, 4.69) is 13.5 Å². The van der Waals surface area contributed by atoms with Crippen LogP contribution < -0.4 is 0 Å². The molecule has 0 fully saturated rings. The molecule has 0 aliphatic heterocycles. The first-order valence-electron chi connectivity index (χ1n) is 5.48. The van der Waals surface area contributed by atoms with Crippen LogP contribution in [0.2, 0.25) is 0 Å². The number of ether oxygens (including phenoxy) is 1. The molecule has 4 heteroatoms. The van der Waals surface area contributed by atoms with E-state index in [4.69, 9.17) is 10.00 Å². The molecule has 0 unspecified atom stereocenters. The van der Waals surface area contributed by atoms with E-state index in [1.54, 1.807) is 6.07 Å². The molecule has 0 aliphatic rings. The SMILES string of the molecule is C=C(C#N)C(=O)OCCCCCCCC.[KH]. The average Bonchev–Trinajstić information content (AvgIpc) is 2.26. The van der Waals surface area contributed by atoms with Gasteiger partial charge in [0.05, 0.1) is 6.61 Å². The zero-order valence-corrected chi connectivity index (χ0v) is 9.42. The number of nitrogens with zero attached hydrogens (tertiary/aromatic N) is 1. The summed E-state index contributed by atoms with van der Waals surface area (Å²) >= 11 is 0. The van der Waals surface area contributed by atoms with E-state index in [0.717, 1.165) is 12.8 Å². The summed E-state index contributed by atoms with van der Waals surface area (Å²) < 4.78 is 4.84. The Morgan fingerprint density at radius 3 is 2.38 bits per heavy atom. The summed E-state index contributed by atoms with van der Waals surface area (Å²) in [5.74, 6) is -0.592. The Kier molecular flexibility index (Phi) is 15.7. The van der Waals surface area contributed by atoms with Crippen molar-refractivity contribution >= 4 is 57.4 Å². The molecule has 0 amide bonds. The molecule has 0 rings (SSSR count). The number of carbonyl (C=O) groups is 1. The van der Waals surface area contributed by atoms with Crippen molar-refractivity contribution in [2.75, 3.05) is 6.61 Å². The van der Waals surface area contributed by atoms with Crippen LogP contribution in [-0.2, 0) is 9.53 Å². The predicted octanol–water partition coefficient (Wildman–Crippen LogP) is 2.32. The van der Waals surface area contributed by atoms with Gasteiger partial charge in [0.25, 0.3) is 0 Å². The van der Waals surface area contributed by atoms with Crippen LogP contribution in [0.3, 0.4) is 0 Å². The van der Waals surface area contributed by atoms with Crippen molar-refractivity contribution in [3.05, 3.63) is 12.2 Å². The summed E-state index contributed by atoms with van der Waals surface area (Å²) in [7, 11) is 0. The first-order valence-corrected chi connectivity index (χ1v) is 5.48. The summed E-state index contributed by atoms with van der Waals surface area (Å²) in [6, 6.07) is 1.66. The molecule has 0 aromatic heterocycles. The van der Waals surface area contributed by atoms with Gasteiger partial charge < -0.3 is 4.74 Å². The Balaban J connectivity index is 0. The molecule has 0 radical (unpaired) electrons. The average molecular weight is 249 g/mol. The second-order valence-corrected chi connectivity index (χ2v) is 3.49. The van der Waals surface area contributed by atoms with Gasteiger partial charge in [-0.1, -0.05) is 45.6 Å². The van der Waals surface area contributed by atoms with Gasteiger partial charge in [-0.3, -0.25) is 0 Å². The molecule has 16 heavy (non-hydrogen) atoms. The number of hydrogen-bond acceptors (Lipinski definition) is 3. The van der Waals surface area contributed by atoms with Crippen LogP contribution in [0.5, 0.6) is 0 Å². The molecule has 0 aliphatic carbocycles. The maximum atomic E-state index is 11.0. The quantitative estimate of drug-likeness (QED) is 0.218. The van der Waals surface area contributed by atoms with Gasteiger partial charge in [0.15, 0.2) is 0 Å². The van der Waals surface area contributed by atoms with Crippen molar-refractivity contribution in [3.8, 4) is 6.07 Å². The minimum absolute atomic E-state index is 0. The van der Waals surface area contributed by atoms with Gasteiger partial charge in [0.2, 0.25) is 0 Å². The van der Waals surface area contributed by atoms with Crippen molar-refractivity contribution in [2.45, 2.75) is 45.4 Å². The molecule has 0 saturated heterocycles. The molecule has 0 spiro atoms. The van der Waals surface area contributed by atoms with Crippen molar-refractivity contribution < 1.29 is 9.53 Å². The topological polar surface area (TPSA) is 50.1 Å². The summed E-state index contributed by atoms with van der Waals surface area (Å²) in [4.78, 5) is 11.0. The number of unbranched alkanes of at least 4 members (excludes halogenated alkanes) is 5. The van der Waals surface area contributed by atoms with Crippen LogP contribution in [0.4, 0.5) is 0 Å². The summed E-state index contributed by atoms with van der Waals surface area (Å²) in [6.07, 6.45) is 6.88. The van der Waals surface area contributed by atoms with Gasteiger partial charge in [-0.2, -0.15) is 5.26 Å². The van der Waals surface area contributed by atoms with Crippen molar-refractivity contribution in [2.24, 2.45) is 0 Å². The van der Waals surface area contributed by atoms with Gasteiger partial charge in [-0.05, 0) is 6.42 Å². The van der Waals surface area contributed by atoms with Crippen LogP contribution in [0.1, 0.15) is 45.4 Å². The van der Waals surface area contributed by atoms with Gasteiger partial charge in [-0.25, -0.2) is 4.79 Å². The molecule has 0 atom stereocenters. The fourth-order valence-corrected chi connectivity index (χ4v) is 1.18. The molecule has 0 bridgehead atoms. The first-order chi connectivity index (χ1) is 7.22. The van der Waals surface area contributed by atoms with E-state index in [0.29, 0.717) is 6.61 Å². The Morgan fingerprint density at radius 1 is 1.25 bits per heavy atom. The minimum atomic E-state index is -0.592. The zero-order chi connectivity index (χ0) is 11.5. The third-order valence-electron chi connectivity index (χ3n) is 2.11. The molecule has 0 aromatic carbocycles. The van der Waals surface area contributed by atoms with E-state index in [1.165, 1.54) is 25.7 Å². The maximum absolute atomic E-state index is 11.0. The molecular weight excluding hydrogens is 229 g/mol. The second kappa shape index (κ2) is 13.4. The number of carbonyl (C=O) groups excluding carboxylic acids is 1. The molecule has 0 heterocycles. The Labute approximate surface area is 141 Å². The van der Waals surface area contributed by atoms with Gasteiger partial charge in [0.1, 0.15) is 11.6 Å². The number of esters is 1. The molecule has 0 aromatic rings. The van der Waals surface area contributed by atoms with E-state index < -0.39 is 5.97 Å². The molecule has 3 nitrogen and oxygen atoms in total. The van der Waals surface area contributed by atoms with E-state index in [-0.39, 0.29) is 57.0 Å². The third-order valence-corrected chi connectivity index (χ3v) is 2.11. The van der Waals surface area contributed by atoms with Crippen LogP contribution in [0.15, 0.2) is 12.2 Å². The fourth-order valence-electron chi connectivity index (χ4n) is 1.18. The molecule has 0 N–H and O–H groups in total. The number of nitriles is 1. The van der Waals surface area contributed by atoms with Gasteiger partial charge in [0, 0.05) is 0 Å². The van der Waals surface area contributed by atoms with Gasteiger partial charge in [-0.15, -0.1) is 0 Å². The monoisotopic (exact) mass is 249 g/mol. The number of hydrogen-bond donors (Lipinski definition) is 0. The van der Waals surface area contributed by atoms with Crippen molar-refractivity contribution in [3.63, 3.8) is 0 Å². The molecule has 0 saturated carbocycles. The van der Waals surface area contributed by atoms with E-state index in [1.807, 2.05) is 0 Å². The second-order valence-electron chi connectivity index (χ2n) is 3.49. The normalized spacial score (nSPS) is 8.75. The van der Waals surface area contributed by atoms with E-state index in [9.17, 15) is 4.79 Å². The van der Waals surface area contributed by atoms with Crippen LogP contribution >= 0.6 is 0 Å². The number of rotatable bonds is 8. The summed E-state index contributed by atoms with van der Waals surface area (Å²) in [5.41, 5.74) is -0.124. The summed E-state index contributed by atoms with van der Waals surface area (Å²) in [6.45, 7) is 5.85.